The fraction of sp³-hybridized carbons (Fsp3) is 0.833. The Kier molecular flexibility index (Phi) is 11.1. The number of nitrogens with zero attached hydrogens (tertiary/aromatic N) is 1. The van der Waals surface area contributed by atoms with Gasteiger partial charge in [-0.2, -0.15) is 0 Å². The molecule has 0 aromatic carbocycles. The third kappa shape index (κ3) is 8.07. The summed E-state index contributed by atoms with van der Waals surface area (Å²) in [5, 5.41) is 13.0. The van der Waals surface area contributed by atoms with E-state index in [1.165, 1.54) is 49.8 Å². The Labute approximate surface area is 264 Å². The molecule has 0 unspecified atom stereocenters. The molecular weight excluding hydrogens is 559 g/mol. The molecule has 0 spiro atoms. The Morgan fingerprint density at radius 3 is 2.14 bits per heavy atom. The number of carbonyl (C=O) groups excluding carboxylic acids is 1. The first-order chi connectivity index (χ1) is 21.0. The average Bonchev–Trinajstić information content (AvgIpc) is 3.32. The summed E-state index contributed by atoms with van der Waals surface area (Å²) in [5.41, 5.74) is 4.58. The van der Waals surface area contributed by atoms with E-state index >= 15 is 0 Å². The minimum absolute atomic E-state index is 0.0426. The third-order valence-electron chi connectivity index (χ3n) is 10.7. The molecule has 1 aromatic rings. The molecule has 44 heavy (non-hydrogen) atoms. The van der Waals surface area contributed by atoms with Crippen molar-refractivity contribution in [3.63, 3.8) is 0 Å². The molecule has 5 rings (SSSR count). The number of ether oxygens (including phenoxy) is 2. The van der Waals surface area contributed by atoms with Crippen molar-refractivity contribution in [2.24, 2.45) is 0 Å². The minimum atomic E-state index is -0.865. The molecule has 1 aliphatic heterocycles. The zero-order chi connectivity index (χ0) is 31.4. The second-order valence-corrected chi connectivity index (χ2v) is 15.0. The van der Waals surface area contributed by atoms with E-state index in [4.69, 9.17) is 9.47 Å². The van der Waals surface area contributed by atoms with Gasteiger partial charge in [-0.05, 0) is 95.0 Å². The highest BCUT2D eigenvalue weighted by Gasteiger charge is 2.40. The fourth-order valence-corrected chi connectivity index (χ4v) is 8.82. The van der Waals surface area contributed by atoms with Crippen LogP contribution in [-0.4, -0.2) is 51.8 Å². The Hall–Kier alpha value is -1.93. The van der Waals surface area contributed by atoms with Crippen LogP contribution < -0.4 is 5.32 Å². The number of amides is 1. The highest BCUT2D eigenvalue weighted by molar-refractivity contribution is 5.98. The second-order valence-electron chi connectivity index (χ2n) is 15.0. The van der Waals surface area contributed by atoms with Crippen LogP contribution >= 0.6 is 0 Å². The summed E-state index contributed by atoms with van der Waals surface area (Å²) in [4.78, 5) is 26.0. The summed E-state index contributed by atoms with van der Waals surface area (Å²) in [6, 6.07) is 0.230. The molecule has 1 amide bonds. The minimum Gasteiger partial charge on any atom is -0.481 e. The van der Waals surface area contributed by atoms with Crippen molar-refractivity contribution in [2.75, 3.05) is 0 Å². The summed E-state index contributed by atoms with van der Waals surface area (Å²) in [5.74, 6) is -0.907. The molecule has 1 saturated heterocycles. The number of carboxylic acids is 1. The van der Waals surface area contributed by atoms with E-state index in [2.05, 4.69) is 23.7 Å². The van der Waals surface area contributed by atoms with Crippen LogP contribution in [0.3, 0.4) is 0 Å². The maximum atomic E-state index is 14.5. The lowest BCUT2D eigenvalue weighted by atomic mass is 9.77. The maximum absolute atomic E-state index is 14.5. The van der Waals surface area contributed by atoms with Crippen molar-refractivity contribution >= 4 is 11.9 Å². The van der Waals surface area contributed by atoms with Gasteiger partial charge < -0.3 is 24.5 Å². The molecule has 4 aliphatic rings. The molecule has 2 atom stereocenters. The van der Waals surface area contributed by atoms with E-state index in [0.29, 0.717) is 38.1 Å². The number of aliphatic carboxylic acids is 1. The second kappa shape index (κ2) is 14.7. The summed E-state index contributed by atoms with van der Waals surface area (Å²) >= 11 is 0. The molecule has 1 aromatic heterocycles. The van der Waals surface area contributed by atoms with Crippen molar-refractivity contribution in [2.45, 2.75) is 191 Å². The number of hydrogen-bond acceptors (Lipinski definition) is 4. The summed E-state index contributed by atoms with van der Waals surface area (Å²) < 4.78 is 29.3. The topological polar surface area (TPSA) is 89.8 Å². The van der Waals surface area contributed by atoms with E-state index in [1.807, 2.05) is 13.8 Å². The van der Waals surface area contributed by atoms with Crippen molar-refractivity contribution in [1.82, 2.24) is 9.88 Å². The van der Waals surface area contributed by atoms with Gasteiger partial charge in [-0.25, -0.2) is 4.39 Å². The van der Waals surface area contributed by atoms with Gasteiger partial charge in [-0.1, -0.05) is 52.4 Å². The fourth-order valence-electron chi connectivity index (χ4n) is 8.82. The molecular formula is C36H57FN2O5. The van der Waals surface area contributed by atoms with Crippen molar-refractivity contribution in [3.05, 3.63) is 22.5 Å². The molecule has 2 N–H and O–H groups in total. The van der Waals surface area contributed by atoms with E-state index in [1.54, 1.807) is 0 Å². The van der Waals surface area contributed by atoms with E-state index < -0.39 is 24.0 Å². The summed E-state index contributed by atoms with van der Waals surface area (Å²) in [6.45, 7) is 8.81. The monoisotopic (exact) mass is 616 g/mol. The van der Waals surface area contributed by atoms with Gasteiger partial charge in [0, 0.05) is 30.4 Å². The van der Waals surface area contributed by atoms with Gasteiger partial charge in [-0.3, -0.25) is 9.59 Å². The number of hydrogen-bond donors (Lipinski definition) is 2. The maximum Gasteiger partial charge on any atom is 0.305 e. The summed E-state index contributed by atoms with van der Waals surface area (Å²) in [6.07, 6.45) is 14.2. The molecule has 0 bridgehead atoms. The van der Waals surface area contributed by atoms with Gasteiger partial charge in [0.15, 0.2) is 5.79 Å². The lowest BCUT2D eigenvalue weighted by Crippen LogP contribution is -2.45. The lowest BCUT2D eigenvalue weighted by molar-refractivity contribution is -0.300. The van der Waals surface area contributed by atoms with Gasteiger partial charge in [0.1, 0.15) is 6.17 Å². The van der Waals surface area contributed by atoms with Crippen LogP contribution in [0.15, 0.2) is 0 Å². The first-order valence-corrected chi connectivity index (χ1v) is 17.8. The number of aromatic nitrogens is 1. The number of carboxylic acid groups (broad SMARTS) is 1. The van der Waals surface area contributed by atoms with E-state index in [-0.39, 0.29) is 36.3 Å². The van der Waals surface area contributed by atoms with Crippen LogP contribution in [-0.2, 0) is 20.8 Å². The normalized spacial score (nSPS) is 28.7. The first-order valence-electron chi connectivity index (χ1n) is 17.8. The van der Waals surface area contributed by atoms with Gasteiger partial charge in [0.25, 0.3) is 5.91 Å². The van der Waals surface area contributed by atoms with Crippen LogP contribution in [0.25, 0.3) is 0 Å². The number of halogens is 1. The van der Waals surface area contributed by atoms with Gasteiger partial charge in [0.2, 0.25) is 0 Å². The van der Waals surface area contributed by atoms with Gasteiger partial charge >= 0.3 is 5.97 Å². The van der Waals surface area contributed by atoms with E-state index in [9.17, 15) is 19.1 Å². The third-order valence-corrected chi connectivity index (χ3v) is 10.7. The predicted octanol–water partition coefficient (Wildman–Crippen LogP) is 8.49. The first kappa shape index (κ1) is 33.4. The zero-order valence-corrected chi connectivity index (χ0v) is 27.7. The lowest BCUT2D eigenvalue weighted by Gasteiger charge is -2.40. The quantitative estimate of drug-likeness (QED) is 0.275. The Bertz CT molecular complexity index is 1130. The molecule has 248 valence electrons. The van der Waals surface area contributed by atoms with Crippen LogP contribution in [0.5, 0.6) is 0 Å². The Morgan fingerprint density at radius 2 is 1.52 bits per heavy atom. The Balaban J connectivity index is 1.55. The van der Waals surface area contributed by atoms with Crippen LogP contribution in [0, 0.1) is 0 Å². The standard InChI is InChI=1S/C36H57FN2O5/c1-23(2)33-32(35(42)38-27-13-9-6-10-14-27)31(24-11-7-5-8-12-24)34(25-15-17-26(37)18-16-25)39(33)20-19-28-21-29(22-30(40)41)44-36(3,4)43-28/h23-29H,5-22H2,1-4H3,(H,38,42)(H,40,41)/t25?,26?,28-,29-/m1/s1. The number of nitrogens with one attached hydrogen (secondary N) is 1. The van der Waals surface area contributed by atoms with Crippen LogP contribution in [0.2, 0.25) is 0 Å². The predicted molar refractivity (Wildman–Crippen MR) is 170 cm³/mol. The number of carbonyl (C=O) groups is 2. The molecule has 4 fully saturated rings. The van der Waals surface area contributed by atoms with Crippen molar-refractivity contribution in [3.8, 4) is 0 Å². The zero-order valence-electron chi connectivity index (χ0n) is 27.7. The highest BCUT2D eigenvalue weighted by atomic mass is 19.1. The summed E-state index contributed by atoms with van der Waals surface area (Å²) in [7, 11) is 0. The van der Waals surface area contributed by atoms with Crippen LogP contribution in [0.4, 0.5) is 4.39 Å². The smallest absolute Gasteiger partial charge is 0.305 e. The molecule has 3 saturated carbocycles. The van der Waals surface area contributed by atoms with E-state index in [0.717, 1.165) is 49.8 Å². The molecule has 8 heteroatoms. The van der Waals surface area contributed by atoms with Gasteiger partial charge in [0.05, 0.1) is 24.2 Å². The number of alkyl halides is 1. The van der Waals surface area contributed by atoms with Crippen molar-refractivity contribution < 1.29 is 28.6 Å². The molecule has 2 heterocycles. The number of rotatable bonds is 10. The Morgan fingerprint density at radius 1 is 0.909 bits per heavy atom. The molecule has 0 radical (unpaired) electrons. The van der Waals surface area contributed by atoms with Gasteiger partial charge in [-0.15, -0.1) is 0 Å². The average molecular weight is 617 g/mol. The molecule has 7 nitrogen and oxygen atoms in total. The van der Waals surface area contributed by atoms with Crippen LogP contribution in [0.1, 0.15) is 182 Å². The molecule has 3 aliphatic carbocycles. The SMILES string of the molecule is CC(C)c1c(C(=O)NC2CCCCC2)c(C2CCCCC2)c(C2CCC(F)CC2)n1CC[C@@H]1C[C@H](CC(=O)O)OC(C)(C)O1. The van der Waals surface area contributed by atoms with Crippen molar-refractivity contribution in [1.29, 1.82) is 0 Å². The largest absolute Gasteiger partial charge is 0.481 e. The highest BCUT2D eigenvalue weighted by Crippen LogP contribution is 2.47.